The molecular weight excluding hydrogens is 192 g/mol. The Morgan fingerprint density at radius 3 is 2.40 bits per heavy atom. The van der Waals surface area contributed by atoms with E-state index in [-0.39, 0.29) is 12.6 Å². The minimum atomic E-state index is -0.347. The Hall–Kier alpha value is -1.77. The first-order valence-electron chi connectivity index (χ1n) is 4.59. The molecule has 0 bridgehead atoms. The second-order valence-corrected chi connectivity index (χ2v) is 3.26. The minimum Gasteiger partial charge on any atom is -0.497 e. The highest BCUT2D eigenvalue weighted by Crippen LogP contribution is 2.12. The maximum atomic E-state index is 11.4. The van der Waals surface area contributed by atoms with Crippen LogP contribution in [0.15, 0.2) is 36.4 Å². The number of carbonyl (C=O) groups is 1. The molecule has 0 fully saturated rings. The van der Waals surface area contributed by atoms with Gasteiger partial charge in [-0.05, 0) is 36.8 Å². The second kappa shape index (κ2) is 5.20. The Kier molecular flexibility index (Phi) is 3.92. The van der Waals surface area contributed by atoms with Gasteiger partial charge >= 0.3 is 5.97 Å². The van der Waals surface area contributed by atoms with Gasteiger partial charge in [-0.2, -0.15) is 0 Å². The molecule has 0 heterocycles. The first-order valence-corrected chi connectivity index (χ1v) is 4.59. The van der Waals surface area contributed by atoms with Crippen LogP contribution in [0.1, 0.15) is 17.3 Å². The van der Waals surface area contributed by atoms with Crippen molar-refractivity contribution in [2.45, 2.75) is 6.92 Å². The molecule has 0 unspecified atom stereocenters. The zero-order chi connectivity index (χ0) is 11.3. The average molecular weight is 206 g/mol. The lowest BCUT2D eigenvalue weighted by molar-refractivity contribution is 0.0540. The van der Waals surface area contributed by atoms with Crippen molar-refractivity contribution in [1.82, 2.24) is 0 Å². The van der Waals surface area contributed by atoms with E-state index in [9.17, 15) is 4.79 Å². The van der Waals surface area contributed by atoms with Crippen LogP contribution >= 0.6 is 0 Å². The first-order chi connectivity index (χ1) is 7.13. The van der Waals surface area contributed by atoms with Gasteiger partial charge in [0, 0.05) is 0 Å². The van der Waals surface area contributed by atoms with Crippen molar-refractivity contribution in [1.29, 1.82) is 0 Å². The summed E-state index contributed by atoms with van der Waals surface area (Å²) in [4.78, 5) is 11.4. The molecule has 0 aliphatic carbocycles. The standard InChI is InChI=1S/C12H14O3/c1-9(2)8-15-12(13)10-4-6-11(14-3)7-5-10/h4-7H,1,8H2,2-3H3. The highest BCUT2D eigenvalue weighted by molar-refractivity contribution is 5.89. The first kappa shape index (κ1) is 11.3. The Labute approximate surface area is 89.3 Å². The smallest absolute Gasteiger partial charge is 0.338 e. The predicted octanol–water partition coefficient (Wildman–Crippen LogP) is 2.43. The van der Waals surface area contributed by atoms with Crippen molar-refractivity contribution in [2.24, 2.45) is 0 Å². The molecule has 0 aliphatic rings. The quantitative estimate of drug-likeness (QED) is 0.560. The molecule has 0 aromatic heterocycles. The predicted molar refractivity (Wildman–Crippen MR) is 58.1 cm³/mol. The van der Waals surface area contributed by atoms with E-state index in [0.717, 1.165) is 5.57 Å². The van der Waals surface area contributed by atoms with Crippen molar-refractivity contribution in [3.05, 3.63) is 42.0 Å². The maximum Gasteiger partial charge on any atom is 0.338 e. The number of benzene rings is 1. The van der Waals surface area contributed by atoms with E-state index in [1.54, 1.807) is 38.3 Å². The Morgan fingerprint density at radius 2 is 1.93 bits per heavy atom. The number of hydrogen-bond acceptors (Lipinski definition) is 3. The van der Waals surface area contributed by atoms with Gasteiger partial charge in [0.25, 0.3) is 0 Å². The number of hydrogen-bond donors (Lipinski definition) is 0. The molecular formula is C12H14O3. The fourth-order valence-electron chi connectivity index (χ4n) is 0.999. The van der Waals surface area contributed by atoms with E-state index in [2.05, 4.69) is 6.58 Å². The molecule has 0 amide bonds. The van der Waals surface area contributed by atoms with Crippen molar-refractivity contribution in [3.8, 4) is 5.75 Å². The second-order valence-electron chi connectivity index (χ2n) is 3.26. The van der Waals surface area contributed by atoms with Gasteiger partial charge in [0.1, 0.15) is 12.4 Å². The summed E-state index contributed by atoms with van der Waals surface area (Å²) in [5, 5.41) is 0. The zero-order valence-electron chi connectivity index (χ0n) is 8.95. The monoisotopic (exact) mass is 206 g/mol. The van der Waals surface area contributed by atoms with Crippen molar-refractivity contribution in [3.63, 3.8) is 0 Å². The van der Waals surface area contributed by atoms with Crippen LogP contribution in [-0.2, 0) is 4.74 Å². The fraction of sp³-hybridized carbons (Fsp3) is 0.250. The van der Waals surface area contributed by atoms with Crippen LogP contribution in [0.4, 0.5) is 0 Å². The van der Waals surface area contributed by atoms with Crippen LogP contribution in [-0.4, -0.2) is 19.7 Å². The third kappa shape index (κ3) is 3.46. The zero-order valence-corrected chi connectivity index (χ0v) is 8.95. The summed E-state index contributed by atoms with van der Waals surface area (Å²) in [6.45, 7) is 5.71. The molecule has 3 nitrogen and oxygen atoms in total. The lowest BCUT2D eigenvalue weighted by Gasteiger charge is -2.04. The number of ether oxygens (including phenoxy) is 2. The number of carbonyl (C=O) groups excluding carboxylic acids is 1. The molecule has 15 heavy (non-hydrogen) atoms. The topological polar surface area (TPSA) is 35.5 Å². The van der Waals surface area contributed by atoms with E-state index < -0.39 is 0 Å². The number of methoxy groups -OCH3 is 1. The van der Waals surface area contributed by atoms with Gasteiger partial charge < -0.3 is 9.47 Å². The Morgan fingerprint density at radius 1 is 1.33 bits per heavy atom. The molecule has 0 atom stereocenters. The lowest BCUT2D eigenvalue weighted by Crippen LogP contribution is -2.06. The molecule has 0 saturated carbocycles. The number of esters is 1. The number of rotatable bonds is 4. The van der Waals surface area contributed by atoms with Gasteiger partial charge in [-0.15, -0.1) is 0 Å². The summed E-state index contributed by atoms with van der Waals surface area (Å²) in [5.41, 5.74) is 1.33. The lowest BCUT2D eigenvalue weighted by atomic mass is 10.2. The van der Waals surface area contributed by atoms with E-state index in [0.29, 0.717) is 11.3 Å². The van der Waals surface area contributed by atoms with Crippen molar-refractivity contribution in [2.75, 3.05) is 13.7 Å². The molecule has 0 aliphatic heterocycles. The molecule has 0 spiro atoms. The van der Waals surface area contributed by atoms with E-state index in [4.69, 9.17) is 9.47 Å². The van der Waals surface area contributed by atoms with Gasteiger partial charge in [0.2, 0.25) is 0 Å². The van der Waals surface area contributed by atoms with Crippen molar-refractivity contribution >= 4 is 5.97 Å². The van der Waals surface area contributed by atoms with Gasteiger partial charge in [0.15, 0.2) is 0 Å². The van der Waals surface area contributed by atoms with Crippen LogP contribution in [0.5, 0.6) is 5.75 Å². The molecule has 1 rings (SSSR count). The third-order valence-corrected chi connectivity index (χ3v) is 1.78. The van der Waals surface area contributed by atoms with Crippen LogP contribution in [0.2, 0.25) is 0 Å². The summed E-state index contributed by atoms with van der Waals surface area (Å²) in [7, 11) is 1.58. The SMILES string of the molecule is C=C(C)COC(=O)c1ccc(OC)cc1. The molecule has 0 N–H and O–H groups in total. The van der Waals surface area contributed by atoms with Gasteiger partial charge in [-0.3, -0.25) is 0 Å². The van der Waals surface area contributed by atoms with Crippen LogP contribution in [0.25, 0.3) is 0 Å². The van der Waals surface area contributed by atoms with E-state index in [1.165, 1.54) is 0 Å². The largest absolute Gasteiger partial charge is 0.497 e. The summed E-state index contributed by atoms with van der Waals surface area (Å²) in [6.07, 6.45) is 0. The highest BCUT2D eigenvalue weighted by atomic mass is 16.5. The molecule has 1 aromatic rings. The fourth-order valence-corrected chi connectivity index (χ4v) is 0.999. The summed E-state index contributed by atoms with van der Waals surface area (Å²) >= 11 is 0. The van der Waals surface area contributed by atoms with E-state index in [1.807, 2.05) is 0 Å². The maximum absolute atomic E-state index is 11.4. The van der Waals surface area contributed by atoms with Gasteiger partial charge in [-0.1, -0.05) is 6.58 Å². The summed E-state index contributed by atoms with van der Waals surface area (Å²) < 4.78 is 9.96. The molecule has 0 radical (unpaired) electrons. The summed E-state index contributed by atoms with van der Waals surface area (Å²) in [6, 6.07) is 6.77. The highest BCUT2D eigenvalue weighted by Gasteiger charge is 2.06. The van der Waals surface area contributed by atoms with Crippen LogP contribution in [0.3, 0.4) is 0 Å². The summed E-state index contributed by atoms with van der Waals surface area (Å²) in [5.74, 6) is 0.368. The molecule has 0 saturated heterocycles. The van der Waals surface area contributed by atoms with E-state index >= 15 is 0 Å². The van der Waals surface area contributed by atoms with Gasteiger partial charge in [-0.25, -0.2) is 4.79 Å². The van der Waals surface area contributed by atoms with Crippen LogP contribution < -0.4 is 4.74 Å². The third-order valence-electron chi connectivity index (χ3n) is 1.78. The van der Waals surface area contributed by atoms with Crippen molar-refractivity contribution < 1.29 is 14.3 Å². The molecule has 3 heteroatoms. The molecule has 80 valence electrons. The van der Waals surface area contributed by atoms with Crippen LogP contribution in [0, 0.1) is 0 Å². The minimum absolute atomic E-state index is 0.255. The Balaban J connectivity index is 2.62. The normalized spacial score (nSPS) is 9.47. The average Bonchev–Trinajstić information content (AvgIpc) is 2.26. The Bertz CT molecular complexity index is 352. The van der Waals surface area contributed by atoms with Gasteiger partial charge in [0.05, 0.1) is 12.7 Å². The molecule has 1 aromatic carbocycles.